The highest BCUT2D eigenvalue weighted by atomic mass is 35.5. The number of likely N-dealkylation sites (N-methyl/N-ethyl adjacent to an activating group) is 1. The Balaban J connectivity index is 0.00000240. The number of nitrogens with zero attached hydrogens (tertiary/aromatic N) is 3. The second kappa shape index (κ2) is 7.84. The number of rotatable bonds is 4. The summed E-state index contributed by atoms with van der Waals surface area (Å²) in [7, 11) is 3.50. The maximum Gasteiger partial charge on any atom is 0.341 e. The summed E-state index contributed by atoms with van der Waals surface area (Å²) in [6, 6.07) is 1.51. The predicted octanol–water partition coefficient (Wildman–Crippen LogP) is 2.74. The Morgan fingerprint density at radius 3 is 2.55 bits per heavy atom. The average Bonchev–Trinajstić information content (AvgIpc) is 3.48. The molecular formula is C20H25ClFN3O4. The van der Waals surface area contributed by atoms with Crippen molar-refractivity contribution in [2.75, 3.05) is 38.7 Å². The van der Waals surface area contributed by atoms with Crippen LogP contribution in [0.5, 0.6) is 5.75 Å². The molecule has 1 aromatic heterocycles. The quantitative estimate of drug-likeness (QED) is 0.811. The van der Waals surface area contributed by atoms with Crippen molar-refractivity contribution < 1.29 is 19.0 Å². The summed E-state index contributed by atoms with van der Waals surface area (Å²) in [6.45, 7) is 4.14. The summed E-state index contributed by atoms with van der Waals surface area (Å²) < 4.78 is 22.6. The Morgan fingerprint density at radius 1 is 1.31 bits per heavy atom. The maximum absolute atomic E-state index is 15.2. The Kier molecular flexibility index (Phi) is 5.78. The van der Waals surface area contributed by atoms with E-state index >= 15 is 4.39 Å². The van der Waals surface area contributed by atoms with Crippen molar-refractivity contribution in [1.29, 1.82) is 0 Å². The molecule has 9 heteroatoms. The van der Waals surface area contributed by atoms with Gasteiger partial charge in [-0.05, 0) is 32.9 Å². The van der Waals surface area contributed by atoms with E-state index in [0.29, 0.717) is 30.0 Å². The number of aromatic nitrogens is 1. The Hall–Kier alpha value is -2.32. The number of halogens is 2. The minimum atomic E-state index is -1.31. The Morgan fingerprint density at radius 2 is 2.00 bits per heavy atom. The molecule has 2 aromatic rings. The van der Waals surface area contributed by atoms with Crippen LogP contribution >= 0.6 is 12.4 Å². The monoisotopic (exact) mass is 425 g/mol. The van der Waals surface area contributed by atoms with Gasteiger partial charge in [-0.2, -0.15) is 0 Å². The SMILES string of the molecule is COc1c(N2CCN(C)C(C)C2)c(F)cc2c(=O)c(C(=O)O)cn(C3CC3)c12.Cl. The van der Waals surface area contributed by atoms with Gasteiger partial charge in [0, 0.05) is 37.9 Å². The molecule has 1 aliphatic carbocycles. The molecule has 1 saturated carbocycles. The van der Waals surface area contributed by atoms with Crippen molar-refractivity contribution in [3.8, 4) is 5.75 Å². The van der Waals surface area contributed by atoms with Crippen molar-refractivity contribution in [1.82, 2.24) is 9.47 Å². The first kappa shape index (κ1) is 21.4. The van der Waals surface area contributed by atoms with Crippen LogP contribution in [0.15, 0.2) is 17.1 Å². The number of carbonyl (C=O) groups is 1. The lowest BCUT2D eigenvalue weighted by atomic mass is 10.1. The number of benzene rings is 1. The third-order valence-electron chi connectivity index (χ3n) is 5.85. The maximum atomic E-state index is 15.2. The van der Waals surface area contributed by atoms with E-state index < -0.39 is 17.2 Å². The first-order valence-corrected chi connectivity index (χ1v) is 9.47. The number of ether oxygens (including phenoxy) is 1. The number of pyridine rings is 1. The zero-order chi connectivity index (χ0) is 20.2. The summed E-state index contributed by atoms with van der Waals surface area (Å²) in [5.74, 6) is -1.58. The lowest BCUT2D eigenvalue weighted by Crippen LogP contribution is -2.50. The molecular weight excluding hydrogens is 401 g/mol. The van der Waals surface area contributed by atoms with E-state index in [1.165, 1.54) is 19.4 Å². The van der Waals surface area contributed by atoms with Crippen LogP contribution in [0.1, 0.15) is 36.2 Å². The third-order valence-corrected chi connectivity index (χ3v) is 5.85. The first-order valence-electron chi connectivity index (χ1n) is 9.47. The topological polar surface area (TPSA) is 75.0 Å². The first-order chi connectivity index (χ1) is 13.3. The second-order valence-electron chi connectivity index (χ2n) is 7.73. The molecule has 2 fully saturated rings. The van der Waals surface area contributed by atoms with Crippen molar-refractivity contribution in [2.24, 2.45) is 0 Å². The number of fused-ring (bicyclic) bond motifs is 1. The number of hydrogen-bond acceptors (Lipinski definition) is 5. The Bertz CT molecular complexity index is 1020. The summed E-state index contributed by atoms with van der Waals surface area (Å²) in [5.41, 5.74) is -0.216. The minimum absolute atomic E-state index is 0. The molecule has 1 saturated heterocycles. The molecule has 2 aliphatic rings. The third kappa shape index (κ3) is 3.55. The zero-order valence-electron chi connectivity index (χ0n) is 16.6. The van der Waals surface area contributed by atoms with E-state index in [0.717, 1.165) is 19.4 Å². The molecule has 158 valence electrons. The molecule has 0 spiro atoms. The largest absolute Gasteiger partial charge is 0.492 e. The van der Waals surface area contributed by atoms with E-state index in [4.69, 9.17) is 4.74 Å². The number of carboxylic acids is 1. The molecule has 29 heavy (non-hydrogen) atoms. The predicted molar refractivity (Wildman–Crippen MR) is 112 cm³/mol. The Labute approximate surface area is 174 Å². The van der Waals surface area contributed by atoms with Crippen LogP contribution in [0.3, 0.4) is 0 Å². The van der Waals surface area contributed by atoms with Gasteiger partial charge in [0.05, 0.1) is 18.0 Å². The van der Waals surface area contributed by atoms with Gasteiger partial charge in [0.1, 0.15) is 11.3 Å². The molecule has 2 heterocycles. The van der Waals surface area contributed by atoms with Gasteiger partial charge in [0.15, 0.2) is 11.6 Å². The highest BCUT2D eigenvalue weighted by Gasteiger charge is 2.32. The van der Waals surface area contributed by atoms with Crippen molar-refractivity contribution in [3.63, 3.8) is 0 Å². The fourth-order valence-electron chi connectivity index (χ4n) is 3.98. The van der Waals surface area contributed by atoms with Crippen LogP contribution in [-0.2, 0) is 0 Å². The van der Waals surface area contributed by atoms with Gasteiger partial charge in [0.25, 0.3) is 0 Å². The summed E-state index contributed by atoms with van der Waals surface area (Å²) in [6.07, 6.45) is 3.15. The number of aromatic carboxylic acids is 1. The van der Waals surface area contributed by atoms with Crippen molar-refractivity contribution in [2.45, 2.75) is 31.8 Å². The fourth-order valence-corrected chi connectivity index (χ4v) is 3.98. The molecule has 1 atom stereocenters. The van der Waals surface area contributed by atoms with Gasteiger partial charge in [-0.3, -0.25) is 4.79 Å². The van der Waals surface area contributed by atoms with Gasteiger partial charge in [0.2, 0.25) is 5.43 Å². The van der Waals surface area contributed by atoms with Gasteiger partial charge in [-0.1, -0.05) is 0 Å². The molecule has 1 aromatic carbocycles. The van der Waals surface area contributed by atoms with E-state index in [-0.39, 0.29) is 35.4 Å². The van der Waals surface area contributed by atoms with Crippen LogP contribution in [0, 0.1) is 5.82 Å². The molecule has 1 aliphatic heterocycles. The average molecular weight is 426 g/mol. The molecule has 4 rings (SSSR count). The minimum Gasteiger partial charge on any atom is -0.492 e. The number of piperazine rings is 1. The zero-order valence-corrected chi connectivity index (χ0v) is 17.5. The lowest BCUT2D eigenvalue weighted by molar-refractivity contribution is 0.0695. The van der Waals surface area contributed by atoms with Crippen molar-refractivity contribution >= 4 is 35.0 Å². The van der Waals surface area contributed by atoms with Crippen LogP contribution in [0.25, 0.3) is 10.9 Å². The van der Waals surface area contributed by atoms with E-state index in [2.05, 4.69) is 11.8 Å². The van der Waals surface area contributed by atoms with Gasteiger partial charge < -0.3 is 24.2 Å². The second-order valence-corrected chi connectivity index (χ2v) is 7.73. The van der Waals surface area contributed by atoms with E-state index in [9.17, 15) is 14.7 Å². The van der Waals surface area contributed by atoms with Crippen LogP contribution in [-0.4, -0.2) is 60.4 Å². The standard InChI is InChI=1S/C20H24FN3O4.ClH/c1-11-9-23(7-6-22(11)2)17-15(21)8-13-16(19(17)28-3)24(12-4-5-12)10-14(18(13)25)20(26)27;/h8,10-12H,4-7,9H2,1-3H3,(H,26,27);1H. The summed E-state index contributed by atoms with van der Waals surface area (Å²) >= 11 is 0. The molecule has 1 unspecified atom stereocenters. The number of carboxylic acid groups (broad SMARTS) is 1. The smallest absolute Gasteiger partial charge is 0.341 e. The molecule has 0 amide bonds. The number of methoxy groups -OCH3 is 1. The molecule has 7 nitrogen and oxygen atoms in total. The van der Waals surface area contributed by atoms with Crippen LogP contribution in [0.4, 0.5) is 10.1 Å². The van der Waals surface area contributed by atoms with Gasteiger partial charge in [-0.25, -0.2) is 9.18 Å². The van der Waals surface area contributed by atoms with Crippen molar-refractivity contribution in [3.05, 3.63) is 33.9 Å². The van der Waals surface area contributed by atoms with Crippen LogP contribution < -0.4 is 15.1 Å². The summed E-state index contributed by atoms with van der Waals surface area (Å²) in [4.78, 5) is 28.4. The highest BCUT2D eigenvalue weighted by molar-refractivity contribution is 5.97. The highest BCUT2D eigenvalue weighted by Crippen LogP contribution is 2.43. The van der Waals surface area contributed by atoms with E-state index in [1.54, 1.807) is 4.57 Å². The molecule has 0 radical (unpaired) electrons. The molecule has 1 N–H and O–H groups in total. The van der Waals surface area contributed by atoms with Crippen LogP contribution in [0.2, 0.25) is 0 Å². The summed E-state index contributed by atoms with van der Waals surface area (Å²) in [5, 5.41) is 9.46. The van der Waals surface area contributed by atoms with E-state index in [1.807, 2.05) is 11.9 Å². The normalized spacial score (nSPS) is 19.9. The van der Waals surface area contributed by atoms with Gasteiger partial charge >= 0.3 is 5.97 Å². The lowest BCUT2D eigenvalue weighted by Gasteiger charge is -2.39. The number of anilines is 1. The number of hydrogen-bond donors (Lipinski definition) is 1. The fraction of sp³-hybridized carbons (Fsp3) is 0.500. The van der Waals surface area contributed by atoms with Gasteiger partial charge in [-0.15, -0.1) is 12.4 Å². The molecule has 0 bridgehead atoms.